The van der Waals surface area contributed by atoms with Gasteiger partial charge in [0.15, 0.2) is 5.69 Å². The van der Waals surface area contributed by atoms with Gasteiger partial charge in [-0.05, 0) is 51.4 Å². The number of amides is 1. The predicted octanol–water partition coefficient (Wildman–Crippen LogP) is 1.91. The fourth-order valence-electron chi connectivity index (χ4n) is 3.58. The molecule has 2 atom stereocenters. The molecule has 1 fully saturated rings. The van der Waals surface area contributed by atoms with Gasteiger partial charge < -0.3 is 10.0 Å². The molecule has 1 saturated heterocycles. The molecule has 21 heavy (non-hydrogen) atoms. The lowest BCUT2D eigenvalue weighted by molar-refractivity contribution is 0.0482. The van der Waals surface area contributed by atoms with Gasteiger partial charge >= 0.3 is 0 Å². The van der Waals surface area contributed by atoms with Gasteiger partial charge in [-0.25, -0.2) is 0 Å². The van der Waals surface area contributed by atoms with Crippen LogP contribution in [0.5, 0.6) is 0 Å². The first kappa shape index (κ1) is 14.6. The molecule has 1 aliphatic heterocycles. The van der Waals surface area contributed by atoms with Crippen LogP contribution in [-0.2, 0) is 12.8 Å². The van der Waals surface area contributed by atoms with Crippen LogP contribution < -0.4 is 0 Å². The summed E-state index contributed by atoms with van der Waals surface area (Å²) in [5, 5.41) is 16.8. The number of piperidine rings is 1. The lowest BCUT2D eigenvalue weighted by Gasteiger charge is -2.37. The van der Waals surface area contributed by atoms with Crippen LogP contribution in [0.1, 0.15) is 60.8 Å². The molecule has 1 aliphatic carbocycles. The highest BCUT2D eigenvalue weighted by Crippen LogP contribution is 2.26. The zero-order valence-electron chi connectivity index (χ0n) is 12.8. The number of fused-ring (bicyclic) bond motifs is 1. The van der Waals surface area contributed by atoms with Gasteiger partial charge in [-0.15, -0.1) is 0 Å². The number of aromatic amines is 1. The molecule has 2 aliphatic rings. The third-order valence-electron chi connectivity index (χ3n) is 5.01. The number of aliphatic hydroxyl groups is 1. The molecule has 0 spiro atoms. The van der Waals surface area contributed by atoms with Crippen molar-refractivity contribution in [2.24, 2.45) is 5.92 Å². The molecule has 1 amide bonds. The van der Waals surface area contributed by atoms with Crippen molar-refractivity contribution >= 4 is 5.91 Å². The van der Waals surface area contributed by atoms with E-state index >= 15 is 0 Å². The Labute approximate surface area is 125 Å². The summed E-state index contributed by atoms with van der Waals surface area (Å²) in [6.45, 7) is 2.91. The second kappa shape index (κ2) is 6.18. The number of aromatic nitrogens is 2. The van der Waals surface area contributed by atoms with Gasteiger partial charge in [0, 0.05) is 30.5 Å². The molecule has 2 heterocycles. The predicted molar refractivity (Wildman–Crippen MR) is 80.2 cm³/mol. The Kier molecular flexibility index (Phi) is 4.29. The van der Waals surface area contributed by atoms with Crippen molar-refractivity contribution < 1.29 is 9.90 Å². The van der Waals surface area contributed by atoms with Gasteiger partial charge in [-0.1, -0.05) is 6.42 Å². The van der Waals surface area contributed by atoms with E-state index in [1.807, 2.05) is 4.90 Å². The number of nitrogens with one attached hydrogen (secondary N) is 1. The maximum absolute atomic E-state index is 12.9. The van der Waals surface area contributed by atoms with Crippen LogP contribution in [0.15, 0.2) is 0 Å². The molecular weight excluding hydrogens is 266 g/mol. The molecule has 1 aromatic heterocycles. The van der Waals surface area contributed by atoms with Crippen molar-refractivity contribution in [2.75, 3.05) is 13.2 Å². The van der Waals surface area contributed by atoms with E-state index < -0.39 is 0 Å². The SMILES string of the molecule is C[C@@H]1CC[C@H](CO)CN1C(=O)c1n[nH]c2c1CCCCC2. The largest absolute Gasteiger partial charge is 0.396 e. The third kappa shape index (κ3) is 2.84. The number of carbonyl (C=O) groups is 1. The number of hydrogen-bond donors (Lipinski definition) is 2. The van der Waals surface area contributed by atoms with Gasteiger partial charge in [0.25, 0.3) is 5.91 Å². The average molecular weight is 291 g/mol. The van der Waals surface area contributed by atoms with Gasteiger partial charge in [0.2, 0.25) is 0 Å². The number of nitrogens with zero attached hydrogens (tertiary/aromatic N) is 2. The Hall–Kier alpha value is -1.36. The van der Waals surface area contributed by atoms with Crippen molar-refractivity contribution in [3.8, 4) is 0 Å². The lowest BCUT2D eigenvalue weighted by atomic mass is 9.93. The van der Waals surface area contributed by atoms with Gasteiger partial charge in [-0.2, -0.15) is 5.10 Å². The molecule has 0 aromatic carbocycles. The summed E-state index contributed by atoms with van der Waals surface area (Å²) >= 11 is 0. The zero-order valence-corrected chi connectivity index (χ0v) is 12.8. The first-order chi connectivity index (χ1) is 10.2. The van der Waals surface area contributed by atoms with Crippen molar-refractivity contribution in [3.63, 3.8) is 0 Å². The summed E-state index contributed by atoms with van der Waals surface area (Å²) in [4.78, 5) is 14.8. The Bertz CT molecular complexity index is 512. The van der Waals surface area contributed by atoms with Crippen molar-refractivity contribution in [1.29, 1.82) is 0 Å². The summed E-state index contributed by atoms with van der Waals surface area (Å²) < 4.78 is 0. The van der Waals surface area contributed by atoms with Gasteiger partial charge in [-0.3, -0.25) is 9.89 Å². The number of H-pyrrole nitrogens is 1. The first-order valence-corrected chi connectivity index (χ1v) is 8.18. The molecule has 116 valence electrons. The van der Waals surface area contributed by atoms with E-state index in [4.69, 9.17) is 0 Å². The van der Waals surface area contributed by atoms with E-state index in [0.29, 0.717) is 12.2 Å². The van der Waals surface area contributed by atoms with Crippen LogP contribution in [-0.4, -0.2) is 45.3 Å². The van der Waals surface area contributed by atoms with Crippen LogP contribution in [0.4, 0.5) is 0 Å². The molecule has 0 unspecified atom stereocenters. The Morgan fingerprint density at radius 1 is 1.33 bits per heavy atom. The van der Waals surface area contributed by atoms with E-state index in [9.17, 15) is 9.90 Å². The number of aliphatic hydroxyl groups excluding tert-OH is 1. The number of aryl methyl sites for hydroxylation is 1. The normalized spacial score (nSPS) is 26.3. The second-order valence-corrected chi connectivity index (χ2v) is 6.52. The quantitative estimate of drug-likeness (QED) is 0.818. The summed E-state index contributed by atoms with van der Waals surface area (Å²) in [6, 6.07) is 0.235. The van der Waals surface area contributed by atoms with Gasteiger partial charge in [0.1, 0.15) is 0 Å². The minimum absolute atomic E-state index is 0.0417. The van der Waals surface area contributed by atoms with E-state index in [1.165, 1.54) is 12.8 Å². The van der Waals surface area contributed by atoms with Crippen LogP contribution >= 0.6 is 0 Å². The molecule has 2 N–H and O–H groups in total. The van der Waals surface area contributed by atoms with Crippen LogP contribution in [0, 0.1) is 5.92 Å². The maximum Gasteiger partial charge on any atom is 0.274 e. The highest BCUT2D eigenvalue weighted by Gasteiger charge is 2.32. The van der Waals surface area contributed by atoms with Crippen molar-refractivity contribution in [3.05, 3.63) is 17.0 Å². The third-order valence-corrected chi connectivity index (χ3v) is 5.01. The van der Waals surface area contributed by atoms with Crippen LogP contribution in [0.25, 0.3) is 0 Å². The highest BCUT2D eigenvalue weighted by molar-refractivity contribution is 5.94. The average Bonchev–Trinajstić information content (AvgIpc) is 2.76. The zero-order chi connectivity index (χ0) is 14.8. The second-order valence-electron chi connectivity index (χ2n) is 6.52. The number of rotatable bonds is 2. The maximum atomic E-state index is 12.9. The molecule has 0 saturated carbocycles. The number of likely N-dealkylation sites (tertiary alicyclic amines) is 1. The fourth-order valence-corrected chi connectivity index (χ4v) is 3.58. The summed E-state index contributed by atoms with van der Waals surface area (Å²) in [5.41, 5.74) is 2.91. The minimum atomic E-state index is 0.0417. The Morgan fingerprint density at radius 3 is 2.95 bits per heavy atom. The van der Waals surface area contributed by atoms with E-state index in [1.54, 1.807) is 0 Å². The monoisotopic (exact) mass is 291 g/mol. The Morgan fingerprint density at radius 2 is 2.14 bits per heavy atom. The number of carbonyl (C=O) groups excluding carboxylic acids is 1. The van der Waals surface area contributed by atoms with E-state index in [-0.39, 0.29) is 24.5 Å². The molecule has 3 rings (SSSR count). The molecule has 5 heteroatoms. The Balaban J connectivity index is 1.83. The van der Waals surface area contributed by atoms with Crippen LogP contribution in [0.3, 0.4) is 0 Å². The minimum Gasteiger partial charge on any atom is -0.396 e. The smallest absolute Gasteiger partial charge is 0.274 e. The van der Waals surface area contributed by atoms with Crippen LogP contribution in [0.2, 0.25) is 0 Å². The van der Waals surface area contributed by atoms with Gasteiger partial charge in [0.05, 0.1) is 0 Å². The summed E-state index contributed by atoms with van der Waals surface area (Å²) in [5.74, 6) is 0.253. The molecule has 5 nitrogen and oxygen atoms in total. The summed E-state index contributed by atoms with van der Waals surface area (Å²) in [7, 11) is 0. The number of hydrogen-bond acceptors (Lipinski definition) is 3. The van der Waals surface area contributed by atoms with E-state index in [0.717, 1.165) is 43.4 Å². The van der Waals surface area contributed by atoms with Crippen molar-refractivity contribution in [2.45, 2.75) is 57.9 Å². The topological polar surface area (TPSA) is 69.2 Å². The first-order valence-electron chi connectivity index (χ1n) is 8.18. The standard InChI is InChI=1S/C16H25N3O2/c1-11-7-8-12(10-20)9-19(11)16(21)15-13-5-3-2-4-6-14(13)17-18-15/h11-12,20H,2-10H2,1H3,(H,17,18)/t11-,12+/m1/s1. The fraction of sp³-hybridized carbons (Fsp3) is 0.750. The van der Waals surface area contributed by atoms with Crippen molar-refractivity contribution in [1.82, 2.24) is 15.1 Å². The lowest BCUT2D eigenvalue weighted by Crippen LogP contribution is -2.46. The van der Waals surface area contributed by atoms with E-state index in [2.05, 4.69) is 17.1 Å². The molecule has 1 aromatic rings. The highest BCUT2D eigenvalue weighted by atomic mass is 16.3. The summed E-state index contributed by atoms with van der Waals surface area (Å²) in [6.07, 6.45) is 7.46. The molecular formula is C16H25N3O2. The molecule has 0 bridgehead atoms. The molecule has 0 radical (unpaired) electrons.